The van der Waals surface area contributed by atoms with Gasteiger partial charge in [-0.15, -0.1) is 0 Å². The molecule has 110 valence electrons. The number of aromatic nitrogens is 2. The van der Waals surface area contributed by atoms with Crippen LogP contribution in [0.5, 0.6) is 11.5 Å². The molecule has 22 heavy (non-hydrogen) atoms. The van der Waals surface area contributed by atoms with E-state index in [4.69, 9.17) is 9.72 Å². The third-order valence-corrected chi connectivity index (χ3v) is 3.57. The van der Waals surface area contributed by atoms with Gasteiger partial charge in [0, 0.05) is 29.2 Å². The molecule has 3 nitrogen and oxygen atoms in total. The van der Waals surface area contributed by atoms with Crippen LogP contribution in [0.2, 0.25) is 0 Å². The van der Waals surface area contributed by atoms with Crippen LogP contribution >= 0.6 is 0 Å². The van der Waals surface area contributed by atoms with Crippen molar-refractivity contribution in [3.05, 3.63) is 71.7 Å². The molecule has 0 aliphatic heterocycles. The molecule has 2 heterocycles. The van der Waals surface area contributed by atoms with Crippen molar-refractivity contribution in [2.24, 2.45) is 0 Å². The van der Waals surface area contributed by atoms with E-state index in [2.05, 4.69) is 4.98 Å². The highest BCUT2D eigenvalue weighted by atomic mass is 16.5. The van der Waals surface area contributed by atoms with Crippen LogP contribution in [0.1, 0.15) is 17.0 Å². The van der Waals surface area contributed by atoms with Gasteiger partial charge in [0.1, 0.15) is 11.4 Å². The molecule has 0 fully saturated rings. The number of pyridine rings is 2. The van der Waals surface area contributed by atoms with Crippen molar-refractivity contribution in [2.75, 3.05) is 0 Å². The Bertz CT molecular complexity index is 798. The van der Waals surface area contributed by atoms with Crippen LogP contribution in [0, 0.1) is 20.8 Å². The van der Waals surface area contributed by atoms with Crippen molar-refractivity contribution >= 4 is 0 Å². The zero-order valence-electron chi connectivity index (χ0n) is 13.0. The lowest BCUT2D eigenvalue weighted by Gasteiger charge is -2.13. The lowest BCUT2D eigenvalue weighted by Crippen LogP contribution is -1.96. The van der Waals surface area contributed by atoms with E-state index in [1.165, 1.54) is 0 Å². The Balaban J connectivity index is 2.08. The van der Waals surface area contributed by atoms with E-state index in [9.17, 15) is 0 Å². The fraction of sp³-hybridized carbons (Fsp3) is 0.158. The maximum Gasteiger partial charge on any atom is 0.153 e. The van der Waals surface area contributed by atoms with Crippen LogP contribution in [-0.2, 0) is 0 Å². The van der Waals surface area contributed by atoms with Crippen LogP contribution in [0.4, 0.5) is 0 Å². The molecule has 0 spiro atoms. The Hall–Kier alpha value is -2.68. The Labute approximate surface area is 130 Å². The minimum Gasteiger partial charge on any atom is -0.455 e. The zero-order chi connectivity index (χ0) is 15.5. The number of benzene rings is 1. The molecule has 0 aliphatic carbocycles. The number of nitrogens with zero attached hydrogens (tertiary/aromatic N) is 2. The van der Waals surface area contributed by atoms with Crippen LogP contribution in [0.3, 0.4) is 0 Å². The second-order valence-electron chi connectivity index (χ2n) is 5.34. The summed E-state index contributed by atoms with van der Waals surface area (Å²) in [4.78, 5) is 8.92. The highest BCUT2D eigenvalue weighted by molar-refractivity contribution is 5.67. The van der Waals surface area contributed by atoms with Gasteiger partial charge in [-0.2, -0.15) is 0 Å². The van der Waals surface area contributed by atoms with Crippen molar-refractivity contribution in [1.82, 2.24) is 9.97 Å². The zero-order valence-corrected chi connectivity index (χ0v) is 13.0. The second-order valence-corrected chi connectivity index (χ2v) is 5.34. The minimum absolute atomic E-state index is 0.764. The van der Waals surface area contributed by atoms with Crippen LogP contribution in [-0.4, -0.2) is 9.97 Å². The monoisotopic (exact) mass is 290 g/mol. The molecule has 0 unspecified atom stereocenters. The molecular weight excluding hydrogens is 272 g/mol. The molecule has 3 heteroatoms. The van der Waals surface area contributed by atoms with Crippen molar-refractivity contribution in [2.45, 2.75) is 20.8 Å². The highest BCUT2D eigenvalue weighted by Crippen LogP contribution is 2.33. The van der Waals surface area contributed by atoms with E-state index in [1.54, 1.807) is 6.20 Å². The maximum atomic E-state index is 6.08. The van der Waals surface area contributed by atoms with E-state index in [-0.39, 0.29) is 0 Å². The summed E-state index contributed by atoms with van der Waals surface area (Å²) in [6, 6.07) is 15.9. The second kappa shape index (κ2) is 5.98. The summed E-state index contributed by atoms with van der Waals surface area (Å²) in [6.45, 7) is 6.01. The smallest absolute Gasteiger partial charge is 0.153 e. The maximum absolute atomic E-state index is 6.08. The molecule has 0 saturated carbocycles. The molecule has 0 amide bonds. The molecule has 3 aromatic rings. The average molecular weight is 290 g/mol. The van der Waals surface area contributed by atoms with Crippen LogP contribution < -0.4 is 4.74 Å². The predicted octanol–water partition coefficient (Wildman–Crippen LogP) is 4.86. The lowest BCUT2D eigenvalue weighted by molar-refractivity contribution is 0.480. The van der Waals surface area contributed by atoms with Crippen molar-refractivity contribution < 1.29 is 4.74 Å². The quantitative estimate of drug-likeness (QED) is 0.691. The van der Waals surface area contributed by atoms with Gasteiger partial charge in [0.15, 0.2) is 5.75 Å². The van der Waals surface area contributed by atoms with E-state index in [0.29, 0.717) is 0 Å². The van der Waals surface area contributed by atoms with Gasteiger partial charge in [-0.25, -0.2) is 4.98 Å². The Morgan fingerprint density at radius 3 is 2.41 bits per heavy atom. The predicted molar refractivity (Wildman–Crippen MR) is 88.2 cm³/mol. The van der Waals surface area contributed by atoms with Gasteiger partial charge in [-0.05, 0) is 38.5 Å². The first kappa shape index (κ1) is 14.3. The van der Waals surface area contributed by atoms with Gasteiger partial charge in [0.25, 0.3) is 0 Å². The van der Waals surface area contributed by atoms with Crippen LogP contribution in [0.15, 0.2) is 54.7 Å². The van der Waals surface area contributed by atoms with E-state index in [0.717, 1.165) is 39.7 Å². The van der Waals surface area contributed by atoms with Crippen LogP contribution in [0.25, 0.3) is 11.3 Å². The minimum atomic E-state index is 0.764. The summed E-state index contributed by atoms with van der Waals surface area (Å²) in [5, 5.41) is 0. The standard InChI is InChI=1S/C19H18N2O/c1-13-11-18(22-17-9-10-20-14(2)12-17)19(21-15(13)3)16-7-5-4-6-8-16/h4-12H,1-3H3. The molecule has 0 bridgehead atoms. The summed E-state index contributed by atoms with van der Waals surface area (Å²) in [5.41, 5.74) is 4.96. The third kappa shape index (κ3) is 2.98. The molecule has 0 aliphatic rings. The Morgan fingerprint density at radius 1 is 0.909 bits per heavy atom. The molecule has 0 N–H and O–H groups in total. The fourth-order valence-electron chi connectivity index (χ4n) is 2.27. The van der Waals surface area contributed by atoms with Crippen molar-refractivity contribution in [1.29, 1.82) is 0 Å². The number of ether oxygens (including phenoxy) is 1. The molecule has 0 saturated heterocycles. The van der Waals surface area contributed by atoms with E-state index in [1.807, 2.05) is 69.3 Å². The summed E-state index contributed by atoms with van der Waals surface area (Å²) < 4.78 is 6.08. The first-order valence-corrected chi connectivity index (χ1v) is 7.27. The van der Waals surface area contributed by atoms with Gasteiger partial charge in [0.2, 0.25) is 0 Å². The van der Waals surface area contributed by atoms with Gasteiger partial charge in [-0.3, -0.25) is 4.98 Å². The first-order chi connectivity index (χ1) is 10.6. The van der Waals surface area contributed by atoms with E-state index < -0.39 is 0 Å². The largest absolute Gasteiger partial charge is 0.455 e. The normalized spacial score (nSPS) is 10.5. The van der Waals surface area contributed by atoms with Crippen molar-refractivity contribution in [3.8, 4) is 22.8 Å². The molecule has 0 radical (unpaired) electrons. The molecule has 3 rings (SSSR count). The molecule has 1 aromatic carbocycles. The number of hydrogen-bond donors (Lipinski definition) is 0. The average Bonchev–Trinajstić information content (AvgIpc) is 2.51. The van der Waals surface area contributed by atoms with Gasteiger partial charge >= 0.3 is 0 Å². The topological polar surface area (TPSA) is 35.0 Å². The van der Waals surface area contributed by atoms with Crippen molar-refractivity contribution in [3.63, 3.8) is 0 Å². The van der Waals surface area contributed by atoms with Gasteiger partial charge in [0.05, 0.1) is 0 Å². The molecule has 2 aromatic heterocycles. The Kier molecular flexibility index (Phi) is 3.88. The number of hydrogen-bond acceptors (Lipinski definition) is 3. The summed E-state index contributed by atoms with van der Waals surface area (Å²) in [6.07, 6.45) is 1.75. The highest BCUT2D eigenvalue weighted by Gasteiger charge is 2.12. The summed E-state index contributed by atoms with van der Waals surface area (Å²) in [7, 11) is 0. The first-order valence-electron chi connectivity index (χ1n) is 7.27. The van der Waals surface area contributed by atoms with Gasteiger partial charge < -0.3 is 4.74 Å². The number of rotatable bonds is 3. The summed E-state index contributed by atoms with van der Waals surface area (Å²) >= 11 is 0. The third-order valence-electron chi connectivity index (χ3n) is 3.57. The number of aryl methyl sites for hydroxylation is 3. The van der Waals surface area contributed by atoms with Gasteiger partial charge in [-0.1, -0.05) is 30.3 Å². The summed E-state index contributed by atoms with van der Waals surface area (Å²) in [5.74, 6) is 1.54. The fourth-order valence-corrected chi connectivity index (χ4v) is 2.27. The SMILES string of the molecule is Cc1cc(Oc2cc(C)c(C)nc2-c2ccccc2)ccn1. The molecule has 0 atom stereocenters. The molecular formula is C19H18N2O. The Morgan fingerprint density at radius 2 is 1.68 bits per heavy atom. The van der Waals surface area contributed by atoms with E-state index >= 15 is 0 Å². The lowest BCUT2D eigenvalue weighted by atomic mass is 10.1.